The summed E-state index contributed by atoms with van der Waals surface area (Å²) in [6.07, 6.45) is 3.91. The van der Waals surface area contributed by atoms with E-state index >= 15 is 0 Å². The van der Waals surface area contributed by atoms with Gasteiger partial charge in [0.1, 0.15) is 5.40 Å². The van der Waals surface area contributed by atoms with Crippen LogP contribution >= 0.6 is 7.92 Å². The predicted molar refractivity (Wildman–Crippen MR) is 87.5 cm³/mol. The molecular formula is C17H21N2P. The molecule has 3 N–H and O–H groups in total. The highest BCUT2D eigenvalue weighted by atomic mass is 31.1. The third kappa shape index (κ3) is 2.13. The Morgan fingerprint density at radius 3 is 2.80 bits per heavy atom. The second kappa shape index (κ2) is 4.87. The van der Waals surface area contributed by atoms with E-state index in [1.54, 1.807) is 0 Å². The lowest BCUT2D eigenvalue weighted by atomic mass is 9.96. The number of aryl methyl sites for hydroxylation is 1. The molecule has 0 saturated carbocycles. The topological polar surface area (TPSA) is 38.0 Å². The summed E-state index contributed by atoms with van der Waals surface area (Å²) >= 11 is 0. The zero-order valence-corrected chi connectivity index (χ0v) is 13.0. The third-order valence-corrected chi connectivity index (χ3v) is 5.94. The highest BCUT2D eigenvalue weighted by molar-refractivity contribution is 7.72. The van der Waals surface area contributed by atoms with Crippen molar-refractivity contribution in [2.24, 2.45) is 5.73 Å². The molecule has 0 aromatic heterocycles. The van der Waals surface area contributed by atoms with Crippen LogP contribution in [0.1, 0.15) is 30.5 Å². The Morgan fingerprint density at radius 1 is 1.45 bits per heavy atom. The van der Waals surface area contributed by atoms with Gasteiger partial charge in [0.25, 0.3) is 0 Å². The van der Waals surface area contributed by atoms with E-state index in [0.717, 1.165) is 18.5 Å². The molecule has 3 heteroatoms. The first-order chi connectivity index (χ1) is 9.58. The van der Waals surface area contributed by atoms with Gasteiger partial charge in [0, 0.05) is 11.3 Å². The van der Waals surface area contributed by atoms with Crippen molar-refractivity contribution in [1.82, 2.24) is 5.32 Å². The van der Waals surface area contributed by atoms with E-state index in [1.807, 2.05) is 6.08 Å². The number of benzene rings is 1. The number of nitrogens with one attached hydrogen (secondary N) is 1. The van der Waals surface area contributed by atoms with Gasteiger partial charge in [0.15, 0.2) is 0 Å². The Balaban J connectivity index is 2.16. The fraction of sp³-hybridized carbons (Fsp3) is 0.294. The first kappa shape index (κ1) is 13.6. The molecule has 1 atom stereocenters. The number of hydrogen-bond donors (Lipinski definition) is 2. The molecule has 0 bridgehead atoms. The second-order valence-corrected chi connectivity index (χ2v) is 7.59. The van der Waals surface area contributed by atoms with E-state index < -0.39 is 5.40 Å². The van der Waals surface area contributed by atoms with Gasteiger partial charge >= 0.3 is 0 Å². The number of nitrogens with two attached hydrogens (primary N) is 1. The molecule has 2 aliphatic heterocycles. The molecule has 2 heterocycles. The molecule has 1 aromatic carbocycles. The lowest BCUT2D eigenvalue weighted by molar-refractivity contribution is 0.556. The average molecular weight is 284 g/mol. The Kier molecular flexibility index (Phi) is 3.32. The van der Waals surface area contributed by atoms with E-state index in [-0.39, 0.29) is 7.92 Å². The molecule has 1 unspecified atom stereocenters. The number of hydrogen-bond acceptors (Lipinski definition) is 2. The number of allylic oxidation sites excluding steroid dienone is 3. The lowest BCUT2D eigenvalue weighted by Gasteiger charge is -2.33. The summed E-state index contributed by atoms with van der Waals surface area (Å²) < 4.78 is 0. The van der Waals surface area contributed by atoms with E-state index in [1.165, 1.54) is 22.3 Å². The Bertz CT molecular complexity index is 624. The van der Waals surface area contributed by atoms with Crippen molar-refractivity contribution in [3.05, 3.63) is 70.4 Å². The van der Waals surface area contributed by atoms with Crippen molar-refractivity contribution in [3.63, 3.8) is 0 Å². The van der Waals surface area contributed by atoms with E-state index in [9.17, 15) is 0 Å². The van der Waals surface area contributed by atoms with Crippen LogP contribution in [0.2, 0.25) is 0 Å². The largest absolute Gasteiger partial charge is 0.363 e. The highest BCUT2D eigenvalue weighted by Gasteiger charge is 2.41. The van der Waals surface area contributed by atoms with Crippen molar-refractivity contribution in [2.75, 3.05) is 0 Å². The Hall–Kier alpha value is -1.37. The molecule has 0 saturated heterocycles. The van der Waals surface area contributed by atoms with Gasteiger partial charge in [-0.05, 0) is 44.4 Å². The Morgan fingerprint density at radius 2 is 2.20 bits per heavy atom. The van der Waals surface area contributed by atoms with Crippen LogP contribution in [0.15, 0.2) is 53.8 Å². The molecule has 0 fully saturated rings. The summed E-state index contributed by atoms with van der Waals surface area (Å²) in [7, 11) is -0.371. The highest BCUT2D eigenvalue weighted by Crippen LogP contribution is 2.65. The minimum Gasteiger partial charge on any atom is -0.363 e. The predicted octanol–water partition coefficient (Wildman–Crippen LogP) is 3.89. The van der Waals surface area contributed by atoms with Gasteiger partial charge in [-0.25, -0.2) is 0 Å². The first-order valence-electron chi connectivity index (χ1n) is 7.06. The van der Waals surface area contributed by atoms with Gasteiger partial charge in [-0.2, -0.15) is 0 Å². The average Bonchev–Trinajstić information content (AvgIpc) is 3.28. The SMILES string of the molecule is C=CC1=C(C)NC(N)(P2C=C2)c2ccc(CC)cc2C1. The molecular weight excluding hydrogens is 263 g/mol. The molecule has 0 amide bonds. The maximum absolute atomic E-state index is 6.76. The molecule has 0 spiro atoms. The normalized spacial score (nSPS) is 24.9. The fourth-order valence-electron chi connectivity index (χ4n) is 2.85. The van der Waals surface area contributed by atoms with Crippen molar-refractivity contribution >= 4 is 7.92 Å². The summed E-state index contributed by atoms with van der Waals surface area (Å²) in [5.41, 5.74) is 13.1. The number of rotatable bonds is 3. The fourth-order valence-corrected chi connectivity index (χ4v) is 4.38. The molecule has 2 aliphatic rings. The van der Waals surface area contributed by atoms with Crippen molar-refractivity contribution < 1.29 is 0 Å². The monoisotopic (exact) mass is 284 g/mol. The van der Waals surface area contributed by atoms with Crippen LogP contribution in [0.3, 0.4) is 0 Å². The van der Waals surface area contributed by atoms with Crippen LogP contribution in [0.4, 0.5) is 0 Å². The van der Waals surface area contributed by atoms with Gasteiger partial charge in [-0.15, -0.1) is 0 Å². The summed E-state index contributed by atoms with van der Waals surface area (Å²) in [6, 6.07) is 6.72. The molecule has 0 aliphatic carbocycles. The Labute approximate surface area is 122 Å². The van der Waals surface area contributed by atoms with Crippen molar-refractivity contribution in [3.8, 4) is 0 Å². The van der Waals surface area contributed by atoms with Crippen LogP contribution in [0.25, 0.3) is 0 Å². The summed E-state index contributed by atoms with van der Waals surface area (Å²) in [4.78, 5) is 0. The molecule has 1 aromatic rings. The zero-order valence-electron chi connectivity index (χ0n) is 12.1. The maximum Gasteiger partial charge on any atom is 0.139 e. The summed E-state index contributed by atoms with van der Waals surface area (Å²) in [5, 5.41) is 3.11. The summed E-state index contributed by atoms with van der Waals surface area (Å²) in [5.74, 6) is 4.46. The lowest BCUT2D eigenvalue weighted by Crippen LogP contribution is -2.46. The molecule has 20 heavy (non-hydrogen) atoms. The van der Waals surface area contributed by atoms with Crippen LogP contribution in [-0.2, 0) is 18.2 Å². The minimum absolute atomic E-state index is 0.371. The maximum atomic E-state index is 6.76. The molecule has 0 radical (unpaired) electrons. The van der Waals surface area contributed by atoms with E-state index in [2.05, 4.69) is 55.6 Å². The molecule has 2 nitrogen and oxygen atoms in total. The van der Waals surface area contributed by atoms with Crippen molar-refractivity contribution in [1.29, 1.82) is 0 Å². The van der Waals surface area contributed by atoms with Gasteiger partial charge in [-0.1, -0.05) is 49.4 Å². The smallest absolute Gasteiger partial charge is 0.139 e. The van der Waals surface area contributed by atoms with Gasteiger partial charge in [0.2, 0.25) is 0 Å². The van der Waals surface area contributed by atoms with Crippen LogP contribution < -0.4 is 11.1 Å². The van der Waals surface area contributed by atoms with Crippen LogP contribution in [-0.4, -0.2) is 0 Å². The van der Waals surface area contributed by atoms with Crippen molar-refractivity contribution in [2.45, 2.75) is 32.1 Å². The minimum atomic E-state index is -0.453. The second-order valence-electron chi connectivity index (χ2n) is 5.47. The zero-order chi connectivity index (χ0) is 14.3. The summed E-state index contributed by atoms with van der Waals surface area (Å²) in [6.45, 7) is 8.24. The number of fused-ring (bicyclic) bond motifs is 1. The van der Waals surface area contributed by atoms with Crippen LogP contribution in [0, 0.1) is 0 Å². The van der Waals surface area contributed by atoms with Gasteiger partial charge in [-0.3, -0.25) is 0 Å². The van der Waals surface area contributed by atoms with Gasteiger partial charge in [0.05, 0.1) is 0 Å². The standard InChI is InChI=1S/C17H21N2P/c1-4-13-6-7-16-15(10-13)11-14(5-2)12(3)19-17(16,18)20-8-9-20/h5-10,19H,2,4,11,18H2,1,3H3. The quantitative estimate of drug-likeness (QED) is 0.826. The molecule has 3 rings (SSSR count). The van der Waals surface area contributed by atoms with Gasteiger partial charge < -0.3 is 11.1 Å². The van der Waals surface area contributed by atoms with E-state index in [0.29, 0.717) is 0 Å². The molecule has 104 valence electrons. The third-order valence-electron chi connectivity index (χ3n) is 4.18. The first-order valence-corrected chi connectivity index (χ1v) is 8.54. The van der Waals surface area contributed by atoms with E-state index in [4.69, 9.17) is 5.73 Å². The van der Waals surface area contributed by atoms with Crippen LogP contribution in [0.5, 0.6) is 0 Å².